The monoisotopic (exact) mass is 488 g/mol. The van der Waals surface area contributed by atoms with Crippen LogP contribution in [-0.4, -0.2) is 18.1 Å². The maximum atomic E-state index is 12.3. The Bertz CT molecular complexity index is 929. The summed E-state index contributed by atoms with van der Waals surface area (Å²) in [6.07, 6.45) is 0. The van der Waals surface area contributed by atoms with Crippen molar-refractivity contribution in [3.8, 4) is 5.75 Å². The van der Waals surface area contributed by atoms with Crippen LogP contribution in [0.25, 0.3) is 0 Å². The van der Waals surface area contributed by atoms with Crippen LogP contribution >= 0.6 is 34.8 Å². The third-order valence-corrected chi connectivity index (χ3v) is 4.92. The zero-order valence-electron chi connectivity index (χ0n) is 14.6. The van der Waals surface area contributed by atoms with Gasteiger partial charge in [-0.25, -0.2) is 0 Å². The fourth-order valence-electron chi connectivity index (χ4n) is 2.34. The smallest absolute Gasteiger partial charge is 0.269 e. The zero-order valence-corrected chi connectivity index (χ0v) is 17.5. The van der Waals surface area contributed by atoms with Crippen molar-refractivity contribution in [2.45, 2.75) is 0 Å². The van der Waals surface area contributed by atoms with Gasteiger partial charge in [0.1, 0.15) is 5.75 Å². The summed E-state index contributed by atoms with van der Waals surface area (Å²) in [4.78, 5) is 14.1. The number of para-hydroxylation sites is 1. The fraction of sp³-hybridized carbons (Fsp3) is 0.0476. The zero-order chi connectivity index (χ0) is 19.2. The van der Waals surface area contributed by atoms with E-state index in [1.165, 1.54) is 0 Å². The first-order valence-corrected chi connectivity index (χ1v) is 9.69. The van der Waals surface area contributed by atoms with Gasteiger partial charge in [0.2, 0.25) is 0 Å². The second-order valence-electron chi connectivity index (χ2n) is 5.75. The molecule has 6 heteroatoms. The second kappa shape index (κ2) is 8.96. The number of hydrogen-bond acceptors (Lipinski definition) is 3. The molecule has 1 amide bonds. The summed E-state index contributed by atoms with van der Waals surface area (Å²) in [5, 5.41) is 3.20. The Morgan fingerprint density at radius 1 is 0.963 bits per heavy atom. The molecule has 3 aromatic rings. The Morgan fingerprint density at radius 2 is 1.59 bits per heavy atom. The Balaban J connectivity index is 1.62. The van der Waals surface area contributed by atoms with Gasteiger partial charge in [0, 0.05) is 27.6 Å². The van der Waals surface area contributed by atoms with Crippen LogP contribution in [0.3, 0.4) is 0 Å². The van der Waals surface area contributed by atoms with Gasteiger partial charge in [-0.05, 0) is 95.5 Å². The first kappa shape index (κ1) is 19.3. The Labute approximate surface area is 177 Å². The predicted octanol–water partition coefficient (Wildman–Crippen LogP) is 5.34. The molecule has 0 unspecified atom stereocenters. The number of nitrogens with one attached hydrogen (secondary N) is 1. The topological polar surface area (TPSA) is 41.6 Å². The van der Waals surface area contributed by atoms with E-state index in [0.29, 0.717) is 16.5 Å². The molecule has 0 fully saturated rings. The van der Waals surface area contributed by atoms with Crippen molar-refractivity contribution in [3.63, 3.8) is 0 Å². The standard InChI is InChI=1S/C21H17IN2O2S/c1-24(18-5-3-2-4-6-18)21(27)26-19-13-7-15(8-14-19)20(25)23-17-11-9-16(22)10-12-17/h2-14H,1H3,(H,23,25). The van der Waals surface area contributed by atoms with Gasteiger partial charge in [0.15, 0.2) is 0 Å². The van der Waals surface area contributed by atoms with Crippen molar-refractivity contribution in [2.24, 2.45) is 0 Å². The second-order valence-corrected chi connectivity index (χ2v) is 7.34. The van der Waals surface area contributed by atoms with E-state index in [4.69, 9.17) is 17.0 Å². The molecule has 136 valence electrons. The third-order valence-electron chi connectivity index (χ3n) is 3.84. The summed E-state index contributed by atoms with van der Waals surface area (Å²) in [7, 11) is 1.85. The van der Waals surface area contributed by atoms with Gasteiger partial charge in [0.05, 0.1) is 0 Å². The van der Waals surface area contributed by atoms with Crippen molar-refractivity contribution in [2.75, 3.05) is 17.3 Å². The van der Waals surface area contributed by atoms with E-state index in [9.17, 15) is 4.79 Å². The van der Waals surface area contributed by atoms with Gasteiger partial charge in [-0.2, -0.15) is 0 Å². The largest absolute Gasteiger partial charge is 0.432 e. The molecule has 0 radical (unpaired) electrons. The third kappa shape index (κ3) is 5.27. The van der Waals surface area contributed by atoms with Crippen LogP contribution in [0.2, 0.25) is 0 Å². The molecule has 0 aliphatic carbocycles. The van der Waals surface area contributed by atoms with Gasteiger partial charge >= 0.3 is 0 Å². The van der Waals surface area contributed by atoms with Crippen LogP contribution in [0.4, 0.5) is 11.4 Å². The van der Waals surface area contributed by atoms with E-state index < -0.39 is 0 Å². The number of benzene rings is 3. The number of halogens is 1. The number of nitrogens with zero attached hydrogens (tertiary/aromatic N) is 1. The molecule has 4 nitrogen and oxygen atoms in total. The highest BCUT2D eigenvalue weighted by molar-refractivity contribution is 14.1. The summed E-state index contributed by atoms with van der Waals surface area (Å²) >= 11 is 7.57. The molecule has 1 N–H and O–H groups in total. The van der Waals surface area contributed by atoms with Crippen LogP contribution in [0.15, 0.2) is 78.9 Å². The van der Waals surface area contributed by atoms with Crippen molar-refractivity contribution < 1.29 is 9.53 Å². The summed E-state index contributed by atoms with van der Waals surface area (Å²) in [5.74, 6) is 0.403. The van der Waals surface area contributed by atoms with Crippen molar-refractivity contribution >= 4 is 57.3 Å². The lowest BCUT2D eigenvalue weighted by Gasteiger charge is -2.19. The van der Waals surface area contributed by atoms with Gasteiger partial charge in [-0.1, -0.05) is 18.2 Å². The molecule has 0 bridgehead atoms. The minimum atomic E-state index is -0.174. The number of rotatable bonds is 4. The molecular formula is C21H17IN2O2S. The summed E-state index contributed by atoms with van der Waals surface area (Å²) in [5.41, 5.74) is 2.24. The molecule has 0 aliphatic heterocycles. The minimum absolute atomic E-state index is 0.174. The highest BCUT2D eigenvalue weighted by Crippen LogP contribution is 2.18. The lowest BCUT2D eigenvalue weighted by Crippen LogP contribution is -2.29. The average molecular weight is 488 g/mol. The SMILES string of the molecule is CN(C(=S)Oc1ccc(C(=O)Nc2ccc(I)cc2)cc1)c1ccccc1. The molecule has 27 heavy (non-hydrogen) atoms. The first-order chi connectivity index (χ1) is 13.0. The van der Waals surface area contributed by atoms with Crippen molar-refractivity contribution in [1.82, 2.24) is 0 Å². The quantitative estimate of drug-likeness (QED) is 0.398. The van der Waals surface area contributed by atoms with Crippen molar-refractivity contribution in [1.29, 1.82) is 0 Å². The summed E-state index contributed by atoms with van der Waals surface area (Å²) in [6.45, 7) is 0. The Hall–Kier alpha value is -2.45. The predicted molar refractivity (Wildman–Crippen MR) is 122 cm³/mol. The fourth-order valence-corrected chi connectivity index (χ4v) is 2.90. The van der Waals surface area contributed by atoms with Gasteiger partial charge in [-0.3, -0.25) is 4.79 Å². The van der Waals surface area contributed by atoms with E-state index in [1.54, 1.807) is 29.2 Å². The van der Waals surface area contributed by atoms with Gasteiger partial charge in [0.25, 0.3) is 11.1 Å². The maximum Gasteiger partial charge on any atom is 0.269 e. The molecule has 0 aliphatic rings. The number of carbonyl (C=O) groups excluding carboxylic acids is 1. The lowest BCUT2D eigenvalue weighted by atomic mass is 10.2. The molecular weight excluding hydrogens is 471 g/mol. The van der Waals surface area contributed by atoms with E-state index >= 15 is 0 Å². The van der Waals surface area contributed by atoms with Gasteiger partial charge < -0.3 is 15.0 Å². The number of anilines is 2. The van der Waals surface area contributed by atoms with Crippen LogP contribution in [-0.2, 0) is 0 Å². The molecule has 0 aromatic heterocycles. The minimum Gasteiger partial charge on any atom is -0.432 e. The van der Waals surface area contributed by atoms with E-state index in [-0.39, 0.29) is 5.91 Å². The Morgan fingerprint density at radius 3 is 2.22 bits per heavy atom. The van der Waals surface area contributed by atoms with E-state index in [2.05, 4.69) is 27.9 Å². The number of thiocarbonyl (C=S) groups is 1. The summed E-state index contributed by atoms with van der Waals surface area (Å²) < 4.78 is 6.84. The number of carbonyl (C=O) groups is 1. The van der Waals surface area contributed by atoms with E-state index in [1.807, 2.05) is 61.6 Å². The maximum absolute atomic E-state index is 12.3. The van der Waals surface area contributed by atoms with Crippen LogP contribution in [0.5, 0.6) is 5.75 Å². The molecule has 0 atom stereocenters. The van der Waals surface area contributed by atoms with Crippen LogP contribution in [0.1, 0.15) is 10.4 Å². The highest BCUT2D eigenvalue weighted by Gasteiger charge is 2.10. The number of hydrogen-bond donors (Lipinski definition) is 1. The average Bonchev–Trinajstić information content (AvgIpc) is 2.70. The van der Waals surface area contributed by atoms with Crippen molar-refractivity contribution in [3.05, 3.63) is 88.0 Å². The molecule has 0 spiro atoms. The molecule has 3 aromatic carbocycles. The van der Waals surface area contributed by atoms with Crippen LogP contribution in [0, 0.1) is 3.57 Å². The number of amides is 1. The molecule has 0 heterocycles. The normalized spacial score (nSPS) is 10.1. The number of ether oxygens (including phenoxy) is 1. The Kier molecular flexibility index (Phi) is 6.41. The summed E-state index contributed by atoms with van der Waals surface area (Å²) in [6, 6.07) is 24.2. The molecule has 3 rings (SSSR count). The van der Waals surface area contributed by atoms with E-state index in [0.717, 1.165) is 14.9 Å². The van der Waals surface area contributed by atoms with Gasteiger partial charge in [-0.15, -0.1) is 0 Å². The highest BCUT2D eigenvalue weighted by atomic mass is 127. The molecule has 0 saturated carbocycles. The van der Waals surface area contributed by atoms with Crippen LogP contribution < -0.4 is 15.0 Å². The lowest BCUT2D eigenvalue weighted by molar-refractivity contribution is 0.102. The molecule has 0 saturated heterocycles. The first-order valence-electron chi connectivity index (χ1n) is 8.20.